The van der Waals surface area contributed by atoms with Crippen molar-refractivity contribution in [3.8, 4) is 6.01 Å². The standard InChI is InChI=1S/C14H21ClN4O3/c15-12-11-13(19-4-8-21-9-5-19)17-14(16-12)22-10-3-18-1-6-20-7-2-18/h11H,1-10H2. The Morgan fingerprint density at radius 3 is 2.45 bits per heavy atom. The minimum Gasteiger partial charge on any atom is -0.462 e. The molecule has 0 atom stereocenters. The number of nitrogens with zero attached hydrogens (tertiary/aromatic N) is 4. The molecule has 0 aromatic carbocycles. The maximum Gasteiger partial charge on any atom is 0.319 e. The minimum atomic E-state index is 0.335. The molecule has 0 radical (unpaired) electrons. The molecule has 2 aliphatic rings. The zero-order valence-corrected chi connectivity index (χ0v) is 13.3. The molecule has 0 bridgehead atoms. The van der Waals surface area contributed by atoms with E-state index in [1.807, 2.05) is 0 Å². The summed E-state index contributed by atoms with van der Waals surface area (Å²) < 4.78 is 16.3. The lowest BCUT2D eigenvalue weighted by molar-refractivity contribution is 0.0317. The number of anilines is 1. The van der Waals surface area contributed by atoms with Crippen LogP contribution in [0.4, 0.5) is 5.82 Å². The van der Waals surface area contributed by atoms with E-state index in [1.54, 1.807) is 6.07 Å². The number of ether oxygens (including phenoxy) is 3. The van der Waals surface area contributed by atoms with E-state index >= 15 is 0 Å². The van der Waals surface area contributed by atoms with Crippen molar-refractivity contribution < 1.29 is 14.2 Å². The van der Waals surface area contributed by atoms with Gasteiger partial charge < -0.3 is 19.1 Å². The molecular weight excluding hydrogens is 308 g/mol. The number of aromatic nitrogens is 2. The van der Waals surface area contributed by atoms with Gasteiger partial charge in [0.25, 0.3) is 0 Å². The normalized spacial score (nSPS) is 20.1. The smallest absolute Gasteiger partial charge is 0.319 e. The maximum absolute atomic E-state index is 6.08. The average Bonchev–Trinajstić information content (AvgIpc) is 2.56. The fourth-order valence-electron chi connectivity index (χ4n) is 2.50. The van der Waals surface area contributed by atoms with Crippen molar-refractivity contribution >= 4 is 17.4 Å². The van der Waals surface area contributed by atoms with Crippen LogP contribution in [-0.2, 0) is 9.47 Å². The molecule has 0 unspecified atom stereocenters. The van der Waals surface area contributed by atoms with E-state index in [9.17, 15) is 0 Å². The van der Waals surface area contributed by atoms with E-state index in [1.165, 1.54) is 0 Å². The Hall–Kier alpha value is -1.15. The molecule has 3 heterocycles. The molecule has 0 aliphatic carbocycles. The molecule has 0 amide bonds. The van der Waals surface area contributed by atoms with Gasteiger partial charge in [-0.3, -0.25) is 4.90 Å². The van der Waals surface area contributed by atoms with Crippen molar-refractivity contribution in [3.63, 3.8) is 0 Å². The molecule has 2 fully saturated rings. The first-order chi connectivity index (χ1) is 10.8. The van der Waals surface area contributed by atoms with E-state index in [-0.39, 0.29) is 0 Å². The molecule has 0 N–H and O–H groups in total. The summed E-state index contributed by atoms with van der Waals surface area (Å²) in [7, 11) is 0. The number of hydrogen-bond donors (Lipinski definition) is 0. The molecule has 8 heteroatoms. The number of rotatable bonds is 5. The van der Waals surface area contributed by atoms with E-state index in [0.717, 1.165) is 51.8 Å². The summed E-state index contributed by atoms with van der Waals surface area (Å²) >= 11 is 6.08. The van der Waals surface area contributed by atoms with Crippen LogP contribution in [0, 0.1) is 0 Å². The lowest BCUT2D eigenvalue weighted by Crippen LogP contribution is -2.38. The topological polar surface area (TPSA) is 60.0 Å². The van der Waals surface area contributed by atoms with Gasteiger partial charge in [0.15, 0.2) is 0 Å². The van der Waals surface area contributed by atoms with Crippen molar-refractivity contribution in [2.45, 2.75) is 0 Å². The molecule has 1 aromatic rings. The van der Waals surface area contributed by atoms with Gasteiger partial charge in [-0.1, -0.05) is 11.6 Å². The van der Waals surface area contributed by atoms with Gasteiger partial charge in [0, 0.05) is 38.8 Å². The van der Waals surface area contributed by atoms with Crippen molar-refractivity contribution in [2.75, 3.05) is 70.7 Å². The van der Waals surface area contributed by atoms with Crippen LogP contribution in [0.1, 0.15) is 0 Å². The number of hydrogen-bond acceptors (Lipinski definition) is 7. The first-order valence-electron chi connectivity index (χ1n) is 7.61. The second kappa shape index (κ2) is 7.92. The van der Waals surface area contributed by atoms with Gasteiger partial charge in [0.2, 0.25) is 0 Å². The summed E-state index contributed by atoms with van der Waals surface area (Å²) in [5.41, 5.74) is 0. The van der Waals surface area contributed by atoms with Crippen LogP contribution in [-0.4, -0.2) is 80.6 Å². The fraction of sp³-hybridized carbons (Fsp3) is 0.714. The second-order valence-corrected chi connectivity index (χ2v) is 5.62. The first kappa shape index (κ1) is 15.7. The van der Waals surface area contributed by atoms with Crippen LogP contribution in [0.25, 0.3) is 0 Å². The van der Waals surface area contributed by atoms with Crippen LogP contribution in [0.3, 0.4) is 0 Å². The van der Waals surface area contributed by atoms with Crippen molar-refractivity contribution in [2.24, 2.45) is 0 Å². The molecule has 1 aromatic heterocycles. The van der Waals surface area contributed by atoms with Gasteiger partial charge in [0.1, 0.15) is 17.6 Å². The summed E-state index contributed by atoms with van der Waals surface area (Å²) in [4.78, 5) is 13.0. The van der Waals surface area contributed by atoms with E-state index in [2.05, 4.69) is 19.8 Å². The Labute approximate surface area is 135 Å². The lowest BCUT2D eigenvalue weighted by atomic mass is 10.4. The zero-order valence-electron chi connectivity index (χ0n) is 12.5. The van der Waals surface area contributed by atoms with E-state index in [0.29, 0.717) is 31.0 Å². The Morgan fingerprint density at radius 2 is 1.73 bits per heavy atom. The molecule has 2 saturated heterocycles. The van der Waals surface area contributed by atoms with Crippen LogP contribution < -0.4 is 9.64 Å². The highest BCUT2D eigenvalue weighted by Crippen LogP contribution is 2.20. The zero-order chi connectivity index (χ0) is 15.2. The van der Waals surface area contributed by atoms with E-state index < -0.39 is 0 Å². The lowest BCUT2D eigenvalue weighted by Gasteiger charge is -2.28. The third kappa shape index (κ3) is 4.42. The van der Waals surface area contributed by atoms with Gasteiger partial charge in [-0.25, -0.2) is 0 Å². The summed E-state index contributed by atoms with van der Waals surface area (Å²) in [6.07, 6.45) is 0. The van der Waals surface area contributed by atoms with Gasteiger partial charge in [-0.15, -0.1) is 0 Å². The summed E-state index contributed by atoms with van der Waals surface area (Å²) in [6, 6.07) is 2.10. The summed E-state index contributed by atoms with van der Waals surface area (Å²) in [5, 5.41) is 0.401. The summed E-state index contributed by atoms with van der Waals surface area (Å²) in [5.74, 6) is 0.796. The number of morpholine rings is 2. The predicted molar refractivity (Wildman–Crippen MR) is 82.8 cm³/mol. The van der Waals surface area contributed by atoms with Gasteiger partial charge in [-0.2, -0.15) is 9.97 Å². The van der Waals surface area contributed by atoms with Gasteiger partial charge >= 0.3 is 6.01 Å². The third-order valence-electron chi connectivity index (χ3n) is 3.74. The van der Waals surface area contributed by atoms with Crippen molar-refractivity contribution in [3.05, 3.63) is 11.2 Å². The minimum absolute atomic E-state index is 0.335. The molecule has 0 spiro atoms. The Bertz CT molecular complexity index is 479. The van der Waals surface area contributed by atoms with Crippen LogP contribution in [0.5, 0.6) is 6.01 Å². The molecule has 2 aliphatic heterocycles. The monoisotopic (exact) mass is 328 g/mol. The highest BCUT2D eigenvalue weighted by Gasteiger charge is 2.15. The Morgan fingerprint density at radius 1 is 1.05 bits per heavy atom. The van der Waals surface area contributed by atoms with E-state index in [4.69, 9.17) is 25.8 Å². The SMILES string of the molecule is Clc1cc(N2CCOCC2)nc(OCCN2CCOCC2)n1. The number of halogens is 1. The highest BCUT2D eigenvalue weighted by molar-refractivity contribution is 6.29. The Kier molecular flexibility index (Phi) is 5.66. The molecular formula is C14H21ClN4O3. The van der Waals surface area contributed by atoms with Gasteiger partial charge in [0.05, 0.1) is 26.4 Å². The Balaban J connectivity index is 1.54. The van der Waals surface area contributed by atoms with Crippen molar-refractivity contribution in [1.82, 2.24) is 14.9 Å². The average molecular weight is 329 g/mol. The molecule has 22 heavy (non-hydrogen) atoms. The van der Waals surface area contributed by atoms with Gasteiger partial charge in [-0.05, 0) is 0 Å². The molecule has 3 rings (SSSR count). The quantitative estimate of drug-likeness (QED) is 0.736. The largest absolute Gasteiger partial charge is 0.462 e. The predicted octanol–water partition coefficient (Wildman–Crippen LogP) is 0.678. The molecule has 0 saturated carbocycles. The van der Waals surface area contributed by atoms with Crippen LogP contribution >= 0.6 is 11.6 Å². The first-order valence-corrected chi connectivity index (χ1v) is 7.99. The van der Waals surface area contributed by atoms with Crippen LogP contribution in [0.15, 0.2) is 6.07 Å². The third-order valence-corrected chi connectivity index (χ3v) is 3.93. The summed E-state index contributed by atoms with van der Waals surface area (Å²) in [6.45, 7) is 7.86. The van der Waals surface area contributed by atoms with Crippen LogP contribution in [0.2, 0.25) is 5.15 Å². The van der Waals surface area contributed by atoms with Crippen molar-refractivity contribution in [1.29, 1.82) is 0 Å². The highest BCUT2D eigenvalue weighted by atomic mass is 35.5. The molecule has 122 valence electrons. The second-order valence-electron chi connectivity index (χ2n) is 5.23. The fourth-order valence-corrected chi connectivity index (χ4v) is 2.67. The molecule has 7 nitrogen and oxygen atoms in total. The maximum atomic E-state index is 6.08.